The summed E-state index contributed by atoms with van der Waals surface area (Å²) in [4.78, 5) is 25.2. The molecule has 2 heterocycles. The number of amides is 2. The van der Waals surface area contributed by atoms with Gasteiger partial charge in [-0.2, -0.15) is 0 Å². The van der Waals surface area contributed by atoms with Crippen molar-refractivity contribution in [1.29, 1.82) is 0 Å². The minimum atomic E-state index is -0.297. The number of rotatable bonds is 2. The first kappa shape index (κ1) is 12.4. The molecule has 0 spiro atoms. The second-order valence-electron chi connectivity index (χ2n) is 5.20. The standard InChI is InChI=1S/C12H21N3O2/c1-8(13)9-3-2-6-15(7-9)12(17)10-4-5-11(16)14-10/h8-10H,2-7,13H2,1H3,(H,14,16)/t8?,9?,10-/m1/s1. The van der Waals surface area contributed by atoms with E-state index in [0.717, 1.165) is 25.9 Å². The highest BCUT2D eigenvalue weighted by Gasteiger charge is 2.33. The molecule has 2 fully saturated rings. The molecular formula is C12H21N3O2. The van der Waals surface area contributed by atoms with Gasteiger partial charge in [0.2, 0.25) is 11.8 Å². The van der Waals surface area contributed by atoms with Crippen LogP contribution in [0.4, 0.5) is 0 Å². The number of carbonyl (C=O) groups is 2. The van der Waals surface area contributed by atoms with Gasteiger partial charge < -0.3 is 16.0 Å². The van der Waals surface area contributed by atoms with E-state index in [1.165, 1.54) is 0 Å². The number of nitrogens with two attached hydrogens (primary N) is 1. The van der Waals surface area contributed by atoms with Crippen LogP contribution in [0.25, 0.3) is 0 Å². The number of nitrogens with zero attached hydrogens (tertiary/aromatic N) is 1. The van der Waals surface area contributed by atoms with E-state index in [1.54, 1.807) is 0 Å². The summed E-state index contributed by atoms with van der Waals surface area (Å²) in [5.41, 5.74) is 5.90. The Morgan fingerprint density at radius 3 is 2.88 bits per heavy atom. The van der Waals surface area contributed by atoms with Crippen molar-refractivity contribution >= 4 is 11.8 Å². The fraction of sp³-hybridized carbons (Fsp3) is 0.833. The maximum absolute atomic E-state index is 12.2. The van der Waals surface area contributed by atoms with Crippen molar-refractivity contribution in [1.82, 2.24) is 10.2 Å². The zero-order chi connectivity index (χ0) is 12.4. The first-order chi connectivity index (χ1) is 8.08. The van der Waals surface area contributed by atoms with Crippen LogP contribution in [0, 0.1) is 5.92 Å². The minimum absolute atomic E-state index is 0.0101. The van der Waals surface area contributed by atoms with Gasteiger partial charge in [0, 0.05) is 25.6 Å². The molecule has 96 valence electrons. The van der Waals surface area contributed by atoms with Gasteiger partial charge in [-0.3, -0.25) is 9.59 Å². The molecule has 0 aromatic carbocycles. The molecule has 0 radical (unpaired) electrons. The maximum Gasteiger partial charge on any atom is 0.245 e. The monoisotopic (exact) mass is 239 g/mol. The molecule has 3 N–H and O–H groups in total. The number of likely N-dealkylation sites (tertiary alicyclic amines) is 1. The largest absolute Gasteiger partial charge is 0.344 e. The Morgan fingerprint density at radius 1 is 1.53 bits per heavy atom. The van der Waals surface area contributed by atoms with Crippen molar-refractivity contribution in [2.45, 2.75) is 44.7 Å². The van der Waals surface area contributed by atoms with E-state index < -0.39 is 0 Å². The fourth-order valence-corrected chi connectivity index (χ4v) is 2.66. The molecule has 2 aliphatic heterocycles. The van der Waals surface area contributed by atoms with Crippen molar-refractivity contribution in [3.8, 4) is 0 Å². The summed E-state index contributed by atoms with van der Waals surface area (Å²) in [5, 5.41) is 2.73. The van der Waals surface area contributed by atoms with Crippen molar-refractivity contribution < 1.29 is 9.59 Å². The van der Waals surface area contributed by atoms with Gasteiger partial charge >= 0.3 is 0 Å². The van der Waals surface area contributed by atoms with Crippen molar-refractivity contribution in [2.24, 2.45) is 11.7 Å². The van der Waals surface area contributed by atoms with Crippen molar-refractivity contribution in [3.63, 3.8) is 0 Å². The Bertz CT molecular complexity index is 317. The topological polar surface area (TPSA) is 75.4 Å². The lowest BCUT2D eigenvalue weighted by atomic mass is 9.92. The van der Waals surface area contributed by atoms with Gasteiger partial charge in [0.15, 0.2) is 0 Å². The van der Waals surface area contributed by atoms with Gasteiger partial charge in [0.1, 0.15) is 6.04 Å². The molecule has 5 heteroatoms. The van der Waals surface area contributed by atoms with Crippen LogP contribution in [0.3, 0.4) is 0 Å². The molecule has 2 unspecified atom stereocenters. The molecule has 0 aliphatic carbocycles. The summed E-state index contributed by atoms with van der Waals surface area (Å²) in [6.45, 7) is 3.54. The zero-order valence-electron chi connectivity index (χ0n) is 10.3. The molecule has 0 aromatic rings. The first-order valence-electron chi connectivity index (χ1n) is 6.41. The summed E-state index contributed by atoms with van der Waals surface area (Å²) in [5.74, 6) is 0.454. The highest BCUT2D eigenvalue weighted by Crippen LogP contribution is 2.20. The first-order valence-corrected chi connectivity index (χ1v) is 6.41. The van der Waals surface area contributed by atoms with Gasteiger partial charge in [-0.1, -0.05) is 0 Å². The second kappa shape index (κ2) is 5.04. The van der Waals surface area contributed by atoms with E-state index >= 15 is 0 Å². The van der Waals surface area contributed by atoms with E-state index in [0.29, 0.717) is 18.8 Å². The lowest BCUT2D eigenvalue weighted by molar-refractivity contribution is -0.136. The molecule has 2 aliphatic rings. The summed E-state index contributed by atoms with van der Waals surface area (Å²) < 4.78 is 0. The highest BCUT2D eigenvalue weighted by atomic mass is 16.2. The van der Waals surface area contributed by atoms with E-state index in [9.17, 15) is 9.59 Å². The summed E-state index contributed by atoms with van der Waals surface area (Å²) in [7, 11) is 0. The van der Waals surface area contributed by atoms with Gasteiger partial charge in [-0.05, 0) is 32.1 Å². The lowest BCUT2D eigenvalue weighted by Gasteiger charge is -2.35. The third kappa shape index (κ3) is 2.77. The number of hydrogen-bond donors (Lipinski definition) is 2. The average molecular weight is 239 g/mol. The number of carbonyl (C=O) groups excluding carboxylic acids is 2. The highest BCUT2D eigenvalue weighted by molar-refractivity contribution is 5.90. The predicted molar refractivity (Wildman–Crippen MR) is 64.1 cm³/mol. The van der Waals surface area contributed by atoms with Crippen LogP contribution in [0.2, 0.25) is 0 Å². The van der Waals surface area contributed by atoms with Crippen LogP contribution in [0.15, 0.2) is 0 Å². The van der Waals surface area contributed by atoms with E-state index in [4.69, 9.17) is 5.73 Å². The molecular weight excluding hydrogens is 218 g/mol. The Kier molecular flexibility index (Phi) is 3.66. The number of hydrogen-bond acceptors (Lipinski definition) is 3. The molecule has 5 nitrogen and oxygen atoms in total. The predicted octanol–water partition coefficient (Wildman–Crippen LogP) is -0.149. The van der Waals surface area contributed by atoms with Gasteiger partial charge in [0.05, 0.1) is 0 Å². The van der Waals surface area contributed by atoms with Gasteiger partial charge in [-0.25, -0.2) is 0 Å². The second-order valence-corrected chi connectivity index (χ2v) is 5.20. The number of nitrogens with one attached hydrogen (secondary N) is 1. The average Bonchev–Trinajstić information content (AvgIpc) is 2.75. The van der Waals surface area contributed by atoms with Crippen molar-refractivity contribution in [3.05, 3.63) is 0 Å². The zero-order valence-corrected chi connectivity index (χ0v) is 10.3. The third-order valence-corrected chi connectivity index (χ3v) is 3.81. The van der Waals surface area contributed by atoms with Crippen molar-refractivity contribution in [2.75, 3.05) is 13.1 Å². The Balaban J connectivity index is 1.93. The van der Waals surface area contributed by atoms with Gasteiger partial charge in [-0.15, -0.1) is 0 Å². The summed E-state index contributed by atoms with van der Waals surface area (Å²) in [6.07, 6.45) is 3.22. The molecule has 2 amide bonds. The SMILES string of the molecule is CC(N)C1CCCN(C(=O)[C@H]2CCC(=O)N2)C1. The Labute approximate surface area is 102 Å². The van der Waals surface area contributed by atoms with E-state index in [1.807, 2.05) is 11.8 Å². The number of piperidine rings is 1. The van der Waals surface area contributed by atoms with Gasteiger partial charge in [0.25, 0.3) is 0 Å². The molecule has 0 aromatic heterocycles. The van der Waals surface area contributed by atoms with Crippen LogP contribution in [0.5, 0.6) is 0 Å². The van der Waals surface area contributed by atoms with Crippen LogP contribution in [-0.4, -0.2) is 41.9 Å². The Hall–Kier alpha value is -1.10. The maximum atomic E-state index is 12.2. The fourth-order valence-electron chi connectivity index (χ4n) is 2.66. The molecule has 17 heavy (non-hydrogen) atoms. The van der Waals surface area contributed by atoms with Crippen LogP contribution in [0.1, 0.15) is 32.6 Å². The van der Waals surface area contributed by atoms with Crippen LogP contribution in [-0.2, 0) is 9.59 Å². The quantitative estimate of drug-likeness (QED) is 0.703. The molecule has 2 saturated heterocycles. The molecule has 0 bridgehead atoms. The summed E-state index contributed by atoms with van der Waals surface area (Å²) >= 11 is 0. The summed E-state index contributed by atoms with van der Waals surface area (Å²) in [6, 6.07) is -0.168. The third-order valence-electron chi connectivity index (χ3n) is 3.81. The lowest BCUT2D eigenvalue weighted by Crippen LogP contribution is -2.50. The van der Waals surface area contributed by atoms with E-state index in [2.05, 4.69) is 5.32 Å². The van der Waals surface area contributed by atoms with Crippen LogP contribution < -0.4 is 11.1 Å². The molecule has 0 saturated carbocycles. The van der Waals surface area contributed by atoms with E-state index in [-0.39, 0.29) is 23.9 Å². The normalized spacial score (nSPS) is 31.2. The molecule has 2 rings (SSSR count). The molecule has 3 atom stereocenters. The van der Waals surface area contributed by atoms with Crippen LogP contribution >= 0.6 is 0 Å². The minimum Gasteiger partial charge on any atom is -0.344 e. The Morgan fingerprint density at radius 2 is 2.29 bits per heavy atom. The smallest absolute Gasteiger partial charge is 0.245 e.